The molecule has 1 unspecified atom stereocenters. The molecule has 1 rings (SSSR count). The van der Waals surface area contributed by atoms with Crippen molar-refractivity contribution in [1.29, 1.82) is 0 Å². The molecule has 0 aliphatic carbocycles. The summed E-state index contributed by atoms with van der Waals surface area (Å²) in [4.78, 5) is 21.0. The molecule has 3 heteroatoms. The van der Waals surface area contributed by atoms with Gasteiger partial charge < -0.3 is 4.74 Å². The van der Waals surface area contributed by atoms with Crippen LogP contribution in [0.4, 0.5) is 0 Å². The molecule has 0 saturated heterocycles. The van der Waals surface area contributed by atoms with Crippen molar-refractivity contribution in [3.05, 3.63) is 48.0 Å². The first kappa shape index (κ1) is 18.3. The average Bonchev–Trinajstić information content (AvgIpc) is 2.50. The summed E-state index contributed by atoms with van der Waals surface area (Å²) in [5.41, 5.74) is 0.928. The number of carbonyl (C=O) groups excluding carboxylic acids is 2. The Morgan fingerprint density at radius 2 is 1.90 bits per heavy atom. The fourth-order valence-electron chi connectivity index (χ4n) is 1.59. The van der Waals surface area contributed by atoms with E-state index in [1.165, 1.54) is 6.08 Å². The highest BCUT2D eigenvalue weighted by Gasteiger charge is 2.16. The van der Waals surface area contributed by atoms with Crippen LogP contribution in [-0.2, 0) is 14.3 Å². The van der Waals surface area contributed by atoms with E-state index in [1.807, 2.05) is 43.3 Å². The molecule has 0 fully saturated rings. The van der Waals surface area contributed by atoms with Crippen LogP contribution >= 0.6 is 0 Å². The van der Waals surface area contributed by atoms with Crippen LogP contribution in [0.5, 0.6) is 0 Å². The summed E-state index contributed by atoms with van der Waals surface area (Å²) in [6, 6.07) is 9.55. The zero-order chi connectivity index (χ0) is 15.2. The molecular weight excluding hydrogens is 252 g/mol. The molecule has 0 N–H and O–H groups in total. The van der Waals surface area contributed by atoms with Crippen molar-refractivity contribution < 1.29 is 14.3 Å². The van der Waals surface area contributed by atoms with Crippen molar-refractivity contribution in [2.24, 2.45) is 0 Å². The molecule has 0 radical (unpaired) electrons. The molecule has 3 nitrogen and oxygen atoms in total. The molecule has 20 heavy (non-hydrogen) atoms. The van der Waals surface area contributed by atoms with Gasteiger partial charge in [-0.15, -0.1) is 0 Å². The summed E-state index contributed by atoms with van der Waals surface area (Å²) in [6.45, 7) is 3.92. The fourth-order valence-corrected chi connectivity index (χ4v) is 1.59. The molecular formula is C17H24O3. The van der Waals surface area contributed by atoms with Gasteiger partial charge in [0, 0.05) is 13.5 Å². The fraction of sp³-hybridized carbons (Fsp3) is 0.412. The number of hydrogen-bond acceptors (Lipinski definition) is 3. The van der Waals surface area contributed by atoms with Gasteiger partial charge >= 0.3 is 0 Å². The number of benzene rings is 1. The molecule has 1 atom stereocenters. The van der Waals surface area contributed by atoms with Crippen molar-refractivity contribution in [1.82, 2.24) is 0 Å². The van der Waals surface area contributed by atoms with Gasteiger partial charge in [-0.3, -0.25) is 9.59 Å². The summed E-state index contributed by atoms with van der Waals surface area (Å²) < 4.78 is 5.14. The first-order valence-corrected chi connectivity index (χ1v) is 6.91. The van der Waals surface area contributed by atoms with Gasteiger partial charge in [0.2, 0.25) is 0 Å². The maximum atomic E-state index is 11.4. The zero-order valence-electron chi connectivity index (χ0n) is 12.5. The van der Waals surface area contributed by atoms with E-state index in [4.69, 9.17) is 4.74 Å². The number of ether oxygens (including phenoxy) is 1. The SMILES string of the molecule is CCC(=O)C(OC)c1ccccc1.CCC/C=C/C=O. The van der Waals surface area contributed by atoms with Crippen LogP contribution in [0.3, 0.4) is 0 Å². The van der Waals surface area contributed by atoms with Crippen molar-refractivity contribution >= 4 is 12.1 Å². The topological polar surface area (TPSA) is 43.4 Å². The third-order valence-electron chi connectivity index (χ3n) is 2.65. The van der Waals surface area contributed by atoms with E-state index >= 15 is 0 Å². The van der Waals surface area contributed by atoms with Crippen LogP contribution in [0.15, 0.2) is 42.5 Å². The lowest BCUT2D eigenvalue weighted by molar-refractivity contribution is -0.128. The highest BCUT2D eigenvalue weighted by Crippen LogP contribution is 2.18. The summed E-state index contributed by atoms with van der Waals surface area (Å²) in [5, 5.41) is 0. The molecule has 0 aliphatic rings. The largest absolute Gasteiger partial charge is 0.369 e. The van der Waals surface area contributed by atoms with Gasteiger partial charge in [-0.05, 0) is 18.1 Å². The van der Waals surface area contributed by atoms with E-state index in [0.717, 1.165) is 24.7 Å². The average molecular weight is 276 g/mol. The number of aldehydes is 1. The van der Waals surface area contributed by atoms with E-state index in [0.29, 0.717) is 6.42 Å². The second-order valence-electron chi connectivity index (χ2n) is 4.20. The van der Waals surface area contributed by atoms with E-state index in [9.17, 15) is 9.59 Å². The molecule has 1 aromatic carbocycles. The maximum Gasteiger partial charge on any atom is 0.165 e. The van der Waals surface area contributed by atoms with Crippen LogP contribution in [0.2, 0.25) is 0 Å². The van der Waals surface area contributed by atoms with Crippen LogP contribution in [0, 0.1) is 0 Å². The normalized spacial score (nSPS) is 11.6. The van der Waals surface area contributed by atoms with Gasteiger partial charge in [-0.1, -0.05) is 56.7 Å². The zero-order valence-corrected chi connectivity index (χ0v) is 12.5. The summed E-state index contributed by atoms with van der Waals surface area (Å²) in [7, 11) is 1.56. The Hall–Kier alpha value is -1.74. The van der Waals surface area contributed by atoms with Gasteiger partial charge in [0.15, 0.2) is 5.78 Å². The van der Waals surface area contributed by atoms with Gasteiger partial charge in [0.25, 0.3) is 0 Å². The first-order chi connectivity index (χ1) is 9.71. The highest BCUT2D eigenvalue weighted by molar-refractivity contribution is 5.84. The van der Waals surface area contributed by atoms with E-state index in [-0.39, 0.29) is 5.78 Å². The number of unbranched alkanes of at least 4 members (excludes halogenated alkanes) is 1. The quantitative estimate of drug-likeness (QED) is 0.560. The van der Waals surface area contributed by atoms with Gasteiger partial charge in [-0.2, -0.15) is 0 Å². The standard InChI is InChI=1S/C11H14O2.C6H10O/c1-3-10(12)11(13-2)9-7-5-4-6-8-9;1-2-3-4-5-6-7/h4-8,11H,3H2,1-2H3;4-6H,2-3H2,1H3/b;5-4+. The Balaban J connectivity index is 0.000000441. The van der Waals surface area contributed by atoms with E-state index in [1.54, 1.807) is 7.11 Å². The molecule has 0 saturated carbocycles. The molecule has 0 aliphatic heterocycles. The Kier molecular flexibility index (Phi) is 11.2. The summed E-state index contributed by atoms with van der Waals surface area (Å²) >= 11 is 0. The number of carbonyl (C=O) groups is 2. The van der Waals surface area contributed by atoms with Crippen molar-refractivity contribution in [3.8, 4) is 0 Å². The Morgan fingerprint density at radius 1 is 1.25 bits per heavy atom. The molecule has 0 spiro atoms. The lowest BCUT2D eigenvalue weighted by atomic mass is 10.0. The summed E-state index contributed by atoms with van der Waals surface area (Å²) in [6.07, 6.45) is 6.44. The van der Waals surface area contributed by atoms with Crippen LogP contribution in [0.25, 0.3) is 0 Å². The smallest absolute Gasteiger partial charge is 0.165 e. The molecule has 0 heterocycles. The van der Waals surface area contributed by atoms with Gasteiger partial charge in [0.05, 0.1) is 0 Å². The predicted octanol–water partition coefficient (Wildman–Crippen LogP) is 3.89. The highest BCUT2D eigenvalue weighted by atomic mass is 16.5. The predicted molar refractivity (Wildman–Crippen MR) is 81.6 cm³/mol. The minimum Gasteiger partial charge on any atom is -0.369 e. The summed E-state index contributed by atoms with van der Waals surface area (Å²) in [5.74, 6) is 0.119. The molecule has 110 valence electrons. The maximum absolute atomic E-state index is 11.4. The molecule has 0 amide bonds. The van der Waals surface area contributed by atoms with Crippen molar-refractivity contribution in [2.75, 3.05) is 7.11 Å². The monoisotopic (exact) mass is 276 g/mol. The molecule has 0 bridgehead atoms. The minimum atomic E-state index is -0.397. The van der Waals surface area contributed by atoms with Crippen LogP contribution in [-0.4, -0.2) is 19.2 Å². The molecule has 1 aromatic rings. The van der Waals surface area contributed by atoms with Crippen molar-refractivity contribution in [3.63, 3.8) is 0 Å². The van der Waals surface area contributed by atoms with Crippen LogP contribution in [0.1, 0.15) is 44.8 Å². The Bertz CT molecular complexity index is 396. The van der Waals surface area contributed by atoms with E-state index < -0.39 is 6.10 Å². The minimum absolute atomic E-state index is 0.119. The van der Waals surface area contributed by atoms with Crippen molar-refractivity contribution in [2.45, 2.75) is 39.2 Å². The second kappa shape index (κ2) is 12.3. The Labute approximate surface area is 121 Å². The third-order valence-corrected chi connectivity index (χ3v) is 2.65. The number of allylic oxidation sites excluding steroid dienone is 2. The first-order valence-electron chi connectivity index (χ1n) is 6.91. The number of methoxy groups -OCH3 is 1. The number of rotatable bonds is 7. The lowest BCUT2D eigenvalue weighted by Crippen LogP contribution is -2.13. The van der Waals surface area contributed by atoms with E-state index in [2.05, 4.69) is 6.92 Å². The van der Waals surface area contributed by atoms with Gasteiger partial charge in [-0.25, -0.2) is 0 Å². The third kappa shape index (κ3) is 7.64. The second-order valence-corrected chi connectivity index (χ2v) is 4.20. The number of hydrogen-bond donors (Lipinski definition) is 0. The number of Topliss-reactive ketones (excluding diaryl/α,β-unsaturated/α-hetero) is 1. The lowest BCUT2D eigenvalue weighted by Gasteiger charge is -2.12. The Morgan fingerprint density at radius 3 is 2.35 bits per heavy atom. The number of ketones is 1. The molecule has 0 aromatic heterocycles. The van der Waals surface area contributed by atoms with Crippen LogP contribution < -0.4 is 0 Å². The van der Waals surface area contributed by atoms with Gasteiger partial charge in [0.1, 0.15) is 12.4 Å².